The van der Waals surface area contributed by atoms with E-state index in [0.717, 1.165) is 12.0 Å². The molecule has 2 fully saturated rings. The van der Waals surface area contributed by atoms with Crippen LogP contribution in [0, 0.1) is 11.3 Å². The molecule has 0 aromatic carbocycles. The lowest BCUT2D eigenvalue weighted by Crippen LogP contribution is -2.37. The van der Waals surface area contributed by atoms with Gasteiger partial charge in [-0.3, -0.25) is 0 Å². The third-order valence-electron chi connectivity index (χ3n) is 4.55. The van der Waals surface area contributed by atoms with Gasteiger partial charge in [-0.1, -0.05) is 13.8 Å². The second kappa shape index (κ2) is 5.05. The average Bonchev–Trinajstić information content (AvgIpc) is 2.63. The van der Waals surface area contributed by atoms with Crippen LogP contribution < -0.4 is 5.32 Å². The Kier molecular flexibility index (Phi) is 3.91. The highest BCUT2D eigenvalue weighted by Gasteiger charge is 2.27. The van der Waals surface area contributed by atoms with Crippen molar-refractivity contribution in [1.82, 2.24) is 10.2 Å². The third-order valence-corrected chi connectivity index (χ3v) is 4.55. The first kappa shape index (κ1) is 12.4. The molecule has 1 saturated carbocycles. The molecular weight excluding hydrogens is 196 g/mol. The Morgan fingerprint density at radius 2 is 1.88 bits per heavy atom. The van der Waals surface area contributed by atoms with E-state index in [2.05, 4.69) is 31.1 Å². The SMILES string of the molecule is CN1CCC(NCC2CCC(C)(C)CC2)C1. The quantitative estimate of drug-likeness (QED) is 0.792. The summed E-state index contributed by atoms with van der Waals surface area (Å²) in [6.45, 7) is 8.62. The molecule has 1 heterocycles. The van der Waals surface area contributed by atoms with E-state index in [9.17, 15) is 0 Å². The van der Waals surface area contributed by atoms with Crippen LogP contribution >= 0.6 is 0 Å². The van der Waals surface area contributed by atoms with Gasteiger partial charge in [0.2, 0.25) is 0 Å². The van der Waals surface area contributed by atoms with Gasteiger partial charge in [0, 0.05) is 12.6 Å². The molecule has 1 aliphatic carbocycles. The molecule has 1 N–H and O–H groups in total. The molecule has 1 atom stereocenters. The van der Waals surface area contributed by atoms with Crippen LogP contribution in [0.5, 0.6) is 0 Å². The maximum absolute atomic E-state index is 3.77. The Hall–Kier alpha value is -0.0800. The van der Waals surface area contributed by atoms with E-state index in [-0.39, 0.29) is 0 Å². The molecule has 94 valence electrons. The summed E-state index contributed by atoms with van der Waals surface area (Å²) in [4.78, 5) is 2.43. The van der Waals surface area contributed by atoms with E-state index in [1.807, 2.05) is 0 Å². The lowest BCUT2D eigenvalue weighted by atomic mass is 9.73. The van der Waals surface area contributed by atoms with E-state index in [4.69, 9.17) is 0 Å². The minimum Gasteiger partial charge on any atom is -0.312 e. The van der Waals surface area contributed by atoms with Crippen molar-refractivity contribution in [3.8, 4) is 0 Å². The molecule has 0 aromatic heterocycles. The lowest BCUT2D eigenvalue weighted by molar-refractivity contribution is 0.186. The fourth-order valence-corrected chi connectivity index (χ4v) is 3.10. The number of hydrogen-bond acceptors (Lipinski definition) is 2. The topological polar surface area (TPSA) is 15.3 Å². The van der Waals surface area contributed by atoms with Crippen molar-refractivity contribution in [3.63, 3.8) is 0 Å². The van der Waals surface area contributed by atoms with Crippen molar-refractivity contribution < 1.29 is 0 Å². The van der Waals surface area contributed by atoms with Crippen molar-refractivity contribution in [1.29, 1.82) is 0 Å². The summed E-state index contributed by atoms with van der Waals surface area (Å²) in [5.74, 6) is 0.943. The molecule has 1 unspecified atom stereocenters. The smallest absolute Gasteiger partial charge is 0.0207 e. The van der Waals surface area contributed by atoms with E-state index in [1.54, 1.807) is 0 Å². The number of likely N-dealkylation sites (tertiary alicyclic amines) is 1. The highest BCUT2D eigenvalue weighted by atomic mass is 15.2. The number of hydrogen-bond donors (Lipinski definition) is 1. The van der Waals surface area contributed by atoms with Crippen LogP contribution in [0.15, 0.2) is 0 Å². The summed E-state index contributed by atoms with van der Waals surface area (Å²) < 4.78 is 0. The fraction of sp³-hybridized carbons (Fsp3) is 1.00. The molecule has 2 rings (SSSR count). The molecule has 0 spiro atoms. The number of likely N-dealkylation sites (N-methyl/N-ethyl adjacent to an activating group) is 1. The molecule has 16 heavy (non-hydrogen) atoms. The fourth-order valence-electron chi connectivity index (χ4n) is 3.10. The molecule has 0 aromatic rings. The van der Waals surface area contributed by atoms with Crippen LogP contribution in [0.2, 0.25) is 0 Å². The highest BCUT2D eigenvalue weighted by molar-refractivity contribution is 4.83. The van der Waals surface area contributed by atoms with Crippen molar-refractivity contribution in [2.24, 2.45) is 11.3 Å². The van der Waals surface area contributed by atoms with Crippen molar-refractivity contribution in [3.05, 3.63) is 0 Å². The standard InChI is InChI=1S/C14H28N2/c1-14(2)7-4-12(5-8-14)10-15-13-6-9-16(3)11-13/h12-13,15H,4-11H2,1-3H3. The minimum atomic E-state index is 0.615. The van der Waals surface area contributed by atoms with Gasteiger partial charge in [-0.05, 0) is 63.6 Å². The molecule has 2 heteroatoms. The second-order valence-electron chi connectivity index (χ2n) is 6.76. The van der Waals surface area contributed by atoms with Crippen LogP contribution in [0.1, 0.15) is 46.0 Å². The number of nitrogens with zero attached hydrogens (tertiary/aromatic N) is 1. The van der Waals surface area contributed by atoms with Crippen LogP contribution in [-0.4, -0.2) is 37.6 Å². The van der Waals surface area contributed by atoms with Crippen LogP contribution in [0.3, 0.4) is 0 Å². The zero-order valence-electron chi connectivity index (χ0n) is 11.3. The summed E-state index contributed by atoms with van der Waals surface area (Å²) in [5, 5.41) is 3.77. The Bertz CT molecular complexity index is 215. The van der Waals surface area contributed by atoms with Gasteiger partial charge in [0.05, 0.1) is 0 Å². The second-order valence-corrected chi connectivity index (χ2v) is 6.76. The predicted molar refractivity (Wildman–Crippen MR) is 69.6 cm³/mol. The number of nitrogens with one attached hydrogen (secondary N) is 1. The monoisotopic (exact) mass is 224 g/mol. The Balaban J connectivity index is 1.64. The van der Waals surface area contributed by atoms with Crippen molar-refractivity contribution >= 4 is 0 Å². The first-order valence-electron chi connectivity index (χ1n) is 6.97. The highest BCUT2D eigenvalue weighted by Crippen LogP contribution is 2.37. The molecule has 0 bridgehead atoms. The summed E-state index contributed by atoms with van der Waals surface area (Å²) >= 11 is 0. The number of rotatable bonds is 3. The van der Waals surface area contributed by atoms with E-state index < -0.39 is 0 Å². The lowest BCUT2D eigenvalue weighted by Gasteiger charge is -2.34. The van der Waals surface area contributed by atoms with Gasteiger partial charge >= 0.3 is 0 Å². The normalized spacial score (nSPS) is 32.1. The largest absolute Gasteiger partial charge is 0.312 e. The third kappa shape index (κ3) is 3.46. The maximum atomic E-state index is 3.77. The molecule has 0 amide bonds. The van der Waals surface area contributed by atoms with Gasteiger partial charge < -0.3 is 10.2 Å². The summed E-state index contributed by atoms with van der Waals surface area (Å²) in [7, 11) is 2.23. The Labute approximate surface area is 101 Å². The van der Waals surface area contributed by atoms with E-state index >= 15 is 0 Å². The van der Waals surface area contributed by atoms with Gasteiger partial charge in [-0.25, -0.2) is 0 Å². The zero-order chi connectivity index (χ0) is 11.6. The van der Waals surface area contributed by atoms with Crippen LogP contribution in [0.4, 0.5) is 0 Å². The van der Waals surface area contributed by atoms with Crippen LogP contribution in [0.25, 0.3) is 0 Å². The van der Waals surface area contributed by atoms with Gasteiger partial charge in [-0.2, -0.15) is 0 Å². The molecule has 2 nitrogen and oxygen atoms in total. The van der Waals surface area contributed by atoms with Gasteiger partial charge in [0.1, 0.15) is 0 Å². The molecule has 1 saturated heterocycles. The predicted octanol–water partition coefficient (Wildman–Crippen LogP) is 2.50. The Morgan fingerprint density at radius 3 is 2.44 bits per heavy atom. The average molecular weight is 224 g/mol. The minimum absolute atomic E-state index is 0.615. The van der Waals surface area contributed by atoms with Gasteiger partial charge in [0.15, 0.2) is 0 Å². The van der Waals surface area contributed by atoms with Gasteiger partial charge in [0.25, 0.3) is 0 Å². The van der Waals surface area contributed by atoms with E-state index in [1.165, 1.54) is 51.7 Å². The van der Waals surface area contributed by atoms with Crippen molar-refractivity contribution in [2.45, 2.75) is 52.0 Å². The zero-order valence-corrected chi connectivity index (χ0v) is 11.3. The summed E-state index contributed by atoms with van der Waals surface area (Å²) in [6.07, 6.45) is 7.05. The van der Waals surface area contributed by atoms with Crippen molar-refractivity contribution in [2.75, 3.05) is 26.7 Å². The molecule has 1 aliphatic heterocycles. The first-order valence-corrected chi connectivity index (χ1v) is 6.97. The molecule has 2 aliphatic rings. The molecular formula is C14H28N2. The Morgan fingerprint density at radius 1 is 1.19 bits per heavy atom. The van der Waals surface area contributed by atoms with Gasteiger partial charge in [-0.15, -0.1) is 0 Å². The maximum Gasteiger partial charge on any atom is 0.0207 e. The summed E-state index contributed by atoms with van der Waals surface area (Å²) in [5.41, 5.74) is 0.615. The van der Waals surface area contributed by atoms with Crippen LogP contribution in [-0.2, 0) is 0 Å². The van der Waals surface area contributed by atoms with E-state index in [0.29, 0.717) is 5.41 Å². The molecule has 0 radical (unpaired) electrons. The first-order chi connectivity index (χ1) is 7.55. The summed E-state index contributed by atoms with van der Waals surface area (Å²) in [6, 6.07) is 0.764.